The monoisotopic (exact) mass is 180 g/mol. The number of rotatable bonds is 1. The number of carbonyl (C=O) groups excluding carboxylic acids is 1. The van der Waals surface area contributed by atoms with Crippen LogP contribution in [-0.2, 0) is 6.42 Å². The van der Waals surface area contributed by atoms with Crippen molar-refractivity contribution in [3.8, 4) is 5.75 Å². The van der Waals surface area contributed by atoms with Gasteiger partial charge in [0, 0.05) is 0 Å². The third-order valence-electron chi connectivity index (χ3n) is 2.17. The highest BCUT2D eigenvalue weighted by atomic mass is 19.1. The maximum absolute atomic E-state index is 13.4. The molecule has 2 rings (SSSR count). The molecule has 1 aromatic rings. The van der Waals surface area contributed by atoms with Crippen molar-refractivity contribution in [3.05, 3.63) is 29.1 Å². The van der Waals surface area contributed by atoms with E-state index in [2.05, 4.69) is 0 Å². The maximum atomic E-state index is 13.4. The SMILES string of the molecule is O=Cc1ccc2c(c1F)OCCC2. The Morgan fingerprint density at radius 3 is 3.08 bits per heavy atom. The zero-order valence-corrected chi connectivity index (χ0v) is 7.05. The van der Waals surface area contributed by atoms with Crippen molar-refractivity contribution in [1.82, 2.24) is 0 Å². The fourth-order valence-electron chi connectivity index (χ4n) is 1.49. The summed E-state index contributed by atoms with van der Waals surface area (Å²) in [6.07, 6.45) is 2.24. The first-order valence-electron chi connectivity index (χ1n) is 4.22. The highest BCUT2D eigenvalue weighted by Gasteiger charge is 2.17. The molecule has 13 heavy (non-hydrogen) atoms. The van der Waals surface area contributed by atoms with Gasteiger partial charge in [0.15, 0.2) is 17.9 Å². The van der Waals surface area contributed by atoms with Gasteiger partial charge in [-0.1, -0.05) is 6.07 Å². The van der Waals surface area contributed by atoms with E-state index in [1.807, 2.05) is 0 Å². The second-order valence-corrected chi connectivity index (χ2v) is 3.03. The van der Waals surface area contributed by atoms with Gasteiger partial charge in [-0.2, -0.15) is 0 Å². The van der Waals surface area contributed by atoms with Crippen molar-refractivity contribution in [2.45, 2.75) is 12.8 Å². The number of halogens is 1. The summed E-state index contributed by atoms with van der Waals surface area (Å²) < 4.78 is 18.6. The molecule has 68 valence electrons. The molecule has 0 saturated carbocycles. The lowest BCUT2D eigenvalue weighted by Crippen LogP contribution is -2.10. The minimum absolute atomic E-state index is 0.0700. The standard InChI is InChI=1S/C10H9FO2/c11-9-8(6-12)4-3-7-2-1-5-13-10(7)9/h3-4,6H,1-2,5H2. The number of carbonyl (C=O) groups is 1. The van der Waals surface area contributed by atoms with Gasteiger partial charge in [0.05, 0.1) is 12.2 Å². The molecular formula is C10H9FO2. The van der Waals surface area contributed by atoms with E-state index in [1.54, 1.807) is 6.07 Å². The van der Waals surface area contributed by atoms with E-state index in [4.69, 9.17) is 4.74 Å². The molecule has 0 amide bonds. The fourth-order valence-corrected chi connectivity index (χ4v) is 1.49. The molecule has 0 aromatic heterocycles. The maximum Gasteiger partial charge on any atom is 0.175 e. The van der Waals surface area contributed by atoms with Crippen LogP contribution < -0.4 is 4.74 Å². The van der Waals surface area contributed by atoms with E-state index in [-0.39, 0.29) is 11.3 Å². The van der Waals surface area contributed by atoms with Crippen LogP contribution in [0, 0.1) is 5.82 Å². The van der Waals surface area contributed by atoms with Gasteiger partial charge >= 0.3 is 0 Å². The quantitative estimate of drug-likeness (QED) is 0.617. The van der Waals surface area contributed by atoms with E-state index in [1.165, 1.54) is 6.07 Å². The molecule has 0 saturated heterocycles. The zero-order chi connectivity index (χ0) is 9.26. The minimum atomic E-state index is -0.521. The zero-order valence-electron chi connectivity index (χ0n) is 7.05. The van der Waals surface area contributed by atoms with Crippen molar-refractivity contribution in [2.75, 3.05) is 6.61 Å². The molecule has 0 unspecified atom stereocenters. The first-order chi connectivity index (χ1) is 6.33. The Morgan fingerprint density at radius 1 is 1.46 bits per heavy atom. The van der Waals surface area contributed by atoms with Crippen LogP contribution in [-0.4, -0.2) is 12.9 Å². The number of hydrogen-bond acceptors (Lipinski definition) is 2. The van der Waals surface area contributed by atoms with E-state index in [0.29, 0.717) is 12.9 Å². The molecule has 2 nitrogen and oxygen atoms in total. The molecule has 0 bridgehead atoms. The summed E-state index contributed by atoms with van der Waals surface area (Å²) in [5.74, 6) is -0.261. The summed E-state index contributed by atoms with van der Waals surface area (Å²) in [4.78, 5) is 10.4. The minimum Gasteiger partial charge on any atom is -0.490 e. The van der Waals surface area contributed by atoms with Gasteiger partial charge in [-0.05, 0) is 24.5 Å². The van der Waals surface area contributed by atoms with E-state index < -0.39 is 5.82 Å². The van der Waals surface area contributed by atoms with Gasteiger partial charge in [-0.15, -0.1) is 0 Å². The highest BCUT2D eigenvalue weighted by molar-refractivity contribution is 5.76. The summed E-state index contributed by atoms with van der Waals surface area (Å²) in [7, 11) is 0. The molecule has 1 heterocycles. The van der Waals surface area contributed by atoms with Crippen LogP contribution in [0.3, 0.4) is 0 Å². The van der Waals surface area contributed by atoms with Crippen molar-refractivity contribution >= 4 is 6.29 Å². The van der Waals surface area contributed by atoms with Crippen molar-refractivity contribution < 1.29 is 13.9 Å². The van der Waals surface area contributed by atoms with Gasteiger partial charge < -0.3 is 4.74 Å². The van der Waals surface area contributed by atoms with Crippen LogP contribution in [0.25, 0.3) is 0 Å². The van der Waals surface area contributed by atoms with E-state index in [9.17, 15) is 9.18 Å². The van der Waals surface area contributed by atoms with Crippen LogP contribution >= 0.6 is 0 Å². The molecule has 0 fully saturated rings. The van der Waals surface area contributed by atoms with Crippen LogP contribution in [0.4, 0.5) is 4.39 Å². The molecule has 1 aromatic carbocycles. The van der Waals surface area contributed by atoms with Gasteiger partial charge in [0.2, 0.25) is 0 Å². The summed E-state index contributed by atoms with van der Waals surface area (Å²) in [5.41, 5.74) is 0.926. The van der Waals surface area contributed by atoms with Crippen LogP contribution in [0.2, 0.25) is 0 Å². The summed E-state index contributed by atoms with van der Waals surface area (Å²) in [6, 6.07) is 3.25. The molecule has 1 aliphatic heterocycles. The second-order valence-electron chi connectivity index (χ2n) is 3.03. The largest absolute Gasteiger partial charge is 0.490 e. The summed E-state index contributed by atoms with van der Waals surface area (Å²) >= 11 is 0. The van der Waals surface area contributed by atoms with Crippen molar-refractivity contribution in [3.63, 3.8) is 0 Å². The molecule has 0 spiro atoms. The Kier molecular flexibility index (Phi) is 2.00. The third kappa shape index (κ3) is 1.30. The normalized spacial score (nSPS) is 14.5. The van der Waals surface area contributed by atoms with Crippen LogP contribution in [0.5, 0.6) is 5.75 Å². The van der Waals surface area contributed by atoms with Gasteiger partial charge in [0.1, 0.15) is 0 Å². The number of fused-ring (bicyclic) bond motifs is 1. The Hall–Kier alpha value is -1.38. The van der Waals surface area contributed by atoms with Crippen molar-refractivity contribution in [2.24, 2.45) is 0 Å². The average Bonchev–Trinajstić information content (AvgIpc) is 2.19. The van der Waals surface area contributed by atoms with Crippen LogP contribution in [0.1, 0.15) is 22.3 Å². The van der Waals surface area contributed by atoms with Gasteiger partial charge in [0.25, 0.3) is 0 Å². The summed E-state index contributed by atoms with van der Waals surface area (Å²) in [5, 5.41) is 0. The topological polar surface area (TPSA) is 26.3 Å². The Bertz CT molecular complexity index is 347. The molecule has 0 radical (unpaired) electrons. The highest BCUT2D eigenvalue weighted by Crippen LogP contribution is 2.29. The van der Waals surface area contributed by atoms with E-state index in [0.717, 1.165) is 18.4 Å². The van der Waals surface area contributed by atoms with Gasteiger partial charge in [-0.25, -0.2) is 4.39 Å². The number of aldehydes is 1. The summed E-state index contributed by atoms with van der Waals surface area (Å²) in [6.45, 7) is 0.534. The average molecular weight is 180 g/mol. The predicted molar refractivity (Wildman–Crippen MR) is 45.6 cm³/mol. The number of benzene rings is 1. The first-order valence-corrected chi connectivity index (χ1v) is 4.22. The van der Waals surface area contributed by atoms with Crippen molar-refractivity contribution in [1.29, 1.82) is 0 Å². The molecule has 1 aliphatic rings. The molecular weight excluding hydrogens is 171 g/mol. The molecule has 0 N–H and O–H groups in total. The smallest absolute Gasteiger partial charge is 0.175 e. The van der Waals surface area contributed by atoms with E-state index >= 15 is 0 Å². The molecule has 3 heteroatoms. The fraction of sp³-hybridized carbons (Fsp3) is 0.300. The molecule has 0 aliphatic carbocycles. The number of ether oxygens (including phenoxy) is 1. The lowest BCUT2D eigenvalue weighted by atomic mass is 10.0. The predicted octanol–water partition coefficient (Wildman–Crippen LogP) is 1.96. The molecule has 0 atom stereocenters. The first kappa shape index (κ1) is 8.23. The lowest BCUT2D eigenvalue weighted by molar-refractivity contribution is 0.111. The Morgan fingerprint density at radius 2 is 2.31 bits per heavy atom. The number of hydrogen-bond donors (Lipinski definition) is 0. The third-order valence-corrected chi connectivity index (χ3v) is 2.17. The number of aryl methyl sites for hydroxylation is 1. The lowest BCUT2D eigenvalue weighted by Gasteiger charge is -2.17. The second kappa shape index (κ2) is 3.17. The Balaban J connectivity index is 2.54. The van der Waals surface area contributed by atoms with Gasteiger partial charge in [-0.3, -0.25) is 4.79 Å². The van der Waals surface area contributed by atoms with Crippen LogP contribution in [0.15, 0.2) is 12.1 Å². The Labute approximate surface area is 75.3 Å².